The van der Waals surface area contributed by atoms with E-state index in [1.165, 1.54) is 16.4 Å². The van der Waals surface area contributed by atoms with Gasteiger partial charge in [0.2, 0.25) is 15.9 Å². The summed E-state index contributed by atoms with van der Waals surface area (Å²) in [5, 5.41) is 0. The number of hydrogen-bond acceptors (Lipinski definition) is 5. The summed E-state index contributed by atoms with van der Waals surface area (Å²) in [6.07, 6.45) is 0. The highest BCUT2D eigenvalue weighted by molar-refractivity contribution is 7.89. The summed E-state index contributed by atoms with van der Waals surface area (Å²) in [5.41, 5.74) is 5.54. The molecule has 0 radical (unpaired) electrons. The van der Waals surface area contributed by atoms with Gasteiger partial charge in [0.05, 0.1) is 10.5 Å². The monoisotopic (exact) mass is 408 g/mol. The fraction of sp³-hybridized carbons (Fsp3) is 0.263. The van der Waals surface area contributed by atoms with Gasteiger partial charge in [-0.1, -0.05) is 26.0 Å². The van der Waals surface area contributed by atoms with Gasteiger partial charge in [-0.3, -0.25) is 4.79 Å². The quantitative estimate of drug-likeness (QED) is 0.675. The van der Waals surface area contributed by atoms with Crippen molar-refractivity contribution in [3.05, 3.63) is 65.0 Å². The van der Waals surface area contributed by atoms with Gasteiger partial charge in [-0.15, -0.1) is 0 Å². The van der Waals surface area contributed by atoms with Gasteiger partial charge in [0.1, 0.15) is 12.4 Å². The van der Waals surface area contributed by atoms with Crippen molar-refractivity contribution in [1.29, 1.82) is 0 Å². The van der Waals surface area contributed by atoms with Gasteiger partial charge < -0.3 is 10.5 Å². The molecule has 2 N–H and O–H groups in total. The maximum Gasteiger partial charge on any atom is 0.341 e. The second-order valence-corrected chi connectivity index (χ2v) is 7.81. The van der Waals surface area contributed by atoms with E-state index in [1.54, 1.807) is 26.0 Å². The number of sulfonamides is 1. The average molecular weight is 408 g/mol. The fourth-order valence-corrected chi connectivity index (χ4v) is 4.01. The minimum Gasteiger partial charge on any atom is -0.457 e. The Morgan fingerprint density at radius 1 is 1.07 bits per heavy atom. The highest BCUT2D eigenvalue weighted by Gasteiger charge is 2.24. The number of halogens is 1. The minimum atomic E-state index is -3.84. The molecule has 2 aromatic carbocycles. The molecule has 7 nitrogen and oxygen atoms in total. The highest BCUT2D eigenvalue weighted by Crippen LogP contribution is 2.20. The first-order valence-electron chi connectivity index (χ1n) is 8.56. The van der Waals surface area contributed by atoms with Crippen molar-refractivity contribution in [2.45, 2.75) is 25.3 Å². The number of primary amides is 1. The van der Waals surface area contributed by atoms with Crippen LogP contribution in [0, 0.1) is 5.82 Å². The topological polar surface area (TPSA) is 107 Å². The van der Waals surface area contributed by atoms with E-state index in [0.29, 0.717) is 11.1 Å². The Hall–Kier alpha value is -2.78. The summed E-state index contributed by atoms with van der Waals surface area (Å²) in [4.78, 5) is 23.1. The summed E-state index contributed by atoms with van der Waals surface area (Å²) in [5.74, 6) is -2.46. The molecule has 0 bridgehead atoms. The smallest absolute Gasteiger partial charge is 0.341 e. The zero-order chi connectivity index (χ0) is 20.9. The molecule has 0 fully saturated rings. The number of rotatable bonds is 8. The number of nitrogens with two attached hydrogens (primary N) is 1. The zero-order valence-electron chi connectivity index (χ0n) is 15.5. The number of hydrogen-bond donors (Lipinski definition) is 1. The number of amides is 1. The highest BCUT2D eigenvalue weighted by atomic mass is 32.2. The lowest BCUT2D eigenvalue weighted by atomic mass is 10.1. The normalized spacial score (nSPS) is 11.4. The third-order valence-corrected chi connectivity index (χ3v) is 6.16. The van der Waals surface area contributed by atoms with E-state index in [4.69, 9.17) is 10.5 Å². The van der Waals surface area contributed by atoms with Gasteiger partial charge in [-0.2, -0.15) is 4.31 Å². The van der Waals surface area contributed by atoms with Crippen LogP contribution in [0.25, 0.3) is 0 Å². The van der Waals surface area contributed by atoms with E-state index in [2.05, 4.69) is 0 Å². The van der Waals surface area contributed by atoms with Gasteiger partial charge in [-0.05, 0) is 35.9 Å². The van der Waals surface area contributed by atoms with Crippen LogP contribution in [0.15, 0.2) is 47.4 Å². The molecule has 1 amide bonds. The van der Waals surface area contributed by atoms with Crippen LogP contribution in [0.5, 0.6) is 0 Å². The van der Waals surface area contributed by atoms with E-state index < -0.39 is 33.3 Å². The minimum absolute atomic E-state index is 0.176. The average Bonchev–Trinajstić information content (AvgIpc) is 2.67. The van der Waals surface area contributed by atoms with Gasteiger partial charge in [-0.25, -0.2) is 17.6 Å². The van der Waals surface area contributed by atoms with Crippen LogP contribution >= 0.6 is 0 Å². The summed E-state index contributed by atoms with van der Waals surface area (Å²) in [6, 6.07) is 9.06. The molecule has 0 heterocycles. The van der Waals surface area contributed by atoms with Crippen molar-refractivity contribution in [3.8, 4) is 0 Å². The first kappa shape index (κ1) is 21.5. The maximum atomic E-state index is 14.1. The lowest BCUT2D eigenvalue weighted by molar-refractivity contribution is 0.0466. The van der Waals surface area contributed by atoms with Gasteiger partial charge in [0.25, 0.3) is 0 Å². The number of benzene rings is 2. The predicted molar refractivity (Wildman–Crippen MR) is 101 cm³/mol. The SMILES string of the molecule is CCN(CC)S(=O)(=O)c1ccc(F)c(C(=O)OCc2ccc(C(N)=O)cc2)c1. The third kappa shape index (κ3) is 4.73. The summed E-state index contributed by atoms with van der Waals surface area (Å²) < 4.78 is 45.5. The van der Waals surface area contributed by atoms with Crippen LogP contribution in [-0.2, 0) is 21.4 Å². The molecule has 2 rings (SSSR count). The van der Waals surface area contributed by atoms with E-state index in [0.717, 1.165) is 18.2 Å². The molecule has 28 heavy (non-hydrogen) atoms. The molecular weight excluding hydrogens is 387 g/mol. The molecule has 9 heteroatoms. The van der Waals surface area contributed by atoms with Crippen molar-refractivity contribution in [1.82, 2.24) is 4.31 Å². The van der Waals surface area contributed by atoms with Crippen LogP contribution in [0.2, 0.25) is 0 Å². The second-order valence-electron chi connectivity index (χ2n) is 5.87. The Morgan fingerprint density at radius 2 is 1.68 bits per heavy atom. The number of nitrogens with zero attached hydrogens (tertiary/aromatic N) is 1. The van der Waals surface area contributed by atoms with Crippen LogP contribution in [0.1, 0.15) is 40.1 Å². The van der Waals surface area contributed by atoms with Gasteiger partial charge in [0.15, 0.2) is 0 Å². The molecule has 0 unspecified atom stereocenters. The van der Waals surface area contributed by atoms with Crippen molar-refractivity contribution in [2.75, 3.05) is 13.1 Å². The molecule has 0 spiro atoms. The van der Waals surface area contributed by atoms with E-state index in [1.807, 2.05) is 0 Å². The van der Waals surface area contributed by atoms with Crippen molar-refractivity contribution in [2.24, 2.45) is 5.73 Å². The molecule has 0 saturated heterocycles. The van der Waals surface area contributed by atoms with Gasteiger partial charge >= 0.3 is 5.97 Å². The first-order valence-corrected chi connectivity index (χ1v) is 10.00. The Labute approximate surface area is 163 Å². The standard InChI is InChI=1S/C19H21FN2O5S/c1-3-22(4-2)28(25,26)15-9-10-17(20)16(11-15)19(24)27-12-13-5-7-14(8-6-13)18(21)23/h5-11H,3-4,12H2,1-2H3,(H2,21,23). The van der Waals surface area contributed by atoms with Crippen LogP contribution in [0.4, 0.5) is 4.39 Å². The molecular formula is C19H21FN2O5S. The van der Waals surface area contributed by atoms with Crippen molar-refractivity contribution >= 4 is 21.9 Å². The Morgan fingerprint density at radius 3 is 2.21 bits per heavy atom. The maximum absolute atomic E-state index is 14.1. The second kappa shape index (κ2) is 8.94. The summed E-state index contributed by atoms with van der Waals surface area (Å²) in [7, 11) is -3.84. The summed E-state index contributed by atoms with van der Waals surface area (Å²) >= 11 is 0. The number of esters is 1. The predicted octanol–water partition coefficient (Wildman–Crippen LogP) is 2.31. The van der Waals surface area contributed by atoms with Gasteiger partial charge in [0, 0.05) is 18.7 Å². The molecule has 0 aliphatic carbocycles. The third-order valence-electron chi connectivity index (χ3n) is 4.11. The van der Waals surface area contributed by atoms with E-state index in [-0.39, 0.29) is 24.6 Å². The fourth-order valence-electron chi connectivity index (χ4n) is 2.53. The Bertz CT molecular complexity index is 970. The lowest BCUT2D eigenvalue weighted by Gasteiger charge is -2.18. The van der Waals surface area contributed by atoms with Crippen molar-refractivity contribution in [3.63, 3.8) is 0 Å². The zero-order valence-corrected chi connectivity index (χ0v) is 16.3. The van der Waals surface area contributed by atoms with Crippen LogP contribution in [-0.4, -0.2) is 37.7 Å². The molecule has 2 aromatic rings. The Kier molecular flexibility index (Phi) is 6.87. The molecule has 0 aliphatic rings. The van der Waals surface area contributed by atoms with Crippen LogP contribution < -0.4 is 5.73 Å². The van der Waals surface area contributed by atoms with Crippen molar-refractivity contribution < 1.29 is 27.1 Å². The largest absolute Gasteiger partial charge is 0.457 e. The lowest BCUT2D eigenvalue weighted by Crippen LogP contribution is -2.30. The summed E-state index contributed by atoms with van der Waals surface area (Å²) in [6.45, 7) is 3.69. The van der Waals surface area contributed by atoms with E-state index >= 15 is 0 Å². The number of carbonyl (C=O) groups excluding carboxylic acids is 2. The van der Waals surface area contributed by atoms with E-state index in [9.17, 15) is 22.4 Å². The number of ether oxygens (including phenoxy) is 1. The molecule has 0 aromatic heterocycles. The molecule has 0 aliphatic heterocycles. The Balaban J connectivity index is 2.20. The molecule has 0 saturated carbocycles. The van der Waals surface area contributed by atoms with Crippen LogP contribution in [0.3, 0.4) is 0 Å². The first-order chi connectivity index (χ1) is 13.2. The molecule has 0 atom stereocenters. The molecule has 150 valence electrons. The number of carbonyl (C=O) groups is 2.